The first-order chi connectivity index (χ1) is 10.1. The molecule has 0 unspecified atom stereocenters. The number of likely N-dealkylation sites (N-methyl/N-ethyl adjacent to an activating group) is 1. The highest BCUT2D eigenvalue weighted by Gasteiger charge is 2.16. The van der Waals surface area contributed by atoms with Crippen molar-refractivity contribution in [3.63, 3.8) is 0 Å². The Bertz CT molecular complexity index is 646. The number of carbonyl (C=O) groups is 2. The average Bonchev–Trinajstić information content (AvgIpc) is 2.99. The van der Waals surface area contributed by atoms with Crippen molar-refractivity contribution in [3.8, 4) is 0 Å². The van der Waals surface area contributed by atoms with Gasteiger partial charge in [0.05, 0.1) is 0 Å². The number of nitrogens with zero attached hydrogens (tertiary/aromatic N) is 1. The summed E-state index contributed by atoms with van der Waals surface area (Å²) in [6.07, 6.45) is 1.69. The third-order valence-corrected chi connectivity index (χ3v) is 3.57. The highest BCUT2D eigenvalue weighted by Crippen LogP contribution is 2.13. The van der Waals surface area contributed by atoms with Crippen LogP contribution < -0.4 is 5.32 Å². The zero-order valence-electron chi connectivity index (χ0n) is 11.9. The van der Waals surface area contributed by atoms with Gasteiger partial charge >= 0.3 is 0 Å². The van der Waals surface area contributed by atoms with E-state index in [1.165, 1.54) is 16.2 Å². The van der Waals surface area contributed by atoms with E-state index in [9.17, 15) is 9.59 Å². The molecule has 0 fully saturated rings. The first-order valence-corrected chi connectivity index (χ1v) is 7.29. The van der Waals surface area contributed by atoms with Crippen molar-refractivity contribution in [3.05, 3.63) is 64.0 Å². The van der Waals surface area contributed by atoms with Crippen molar-refractivity contribution in [1.82, 2.24) is 10.2 Å². The van der Waals surface area contributed by atoms with E-state index in [0.717, 1.165) is 4.88 Å². The second-order valence-corrected chi connectivity index (χ2v) is 5.57. The number of nitrogens with one attached hydrogen (secondary N) is 1. The van der Waals surface area contributed by atoms with E-state index in [2.05, 4.69) is 5.32 Å². The highest BCUT2D eigenvalue weighted by atomic mass is 32.1. The highest BCUT2D eigenvalue weighted by molar-refractivity contribution is 7.10. The molecule has 0 aliphatic carbocycles. The molecule has 0 spiro atoms. The van der Waals surface area contributed by atoms with Crippen LogP contribution in [0.5, 0.6) is 0 Å². The molecule has 0 radical (unpaired) electrons. The fraction of sp³-hybridized carbons (Fsp3) is 0.125. The molecule has 1 aromatic carbocycles. The minimum Gasteiger partial charge on any atom is -0.344 e. The lowest BCUT2D eigenvalue weighted by Crippen LogP contribution is -2.34. The molecule has 0 atom stereocenters. The predicted octanol–water partition coefficient (Wildman–Crippen LogP) is 2.61. The molecule has 21 heavy (non-hydrogen) atoms. The zero-order chi connectivity index (χ0) is 15.2. The van der Waals surface area contributed by atoms with E-state index in [1.807, 2.05) is 23.6 Å². The molecule has 0 saturated heterocycles. The van der Waals surface area contributed by atoms with Gasteiger partial charge in [-0.05, 0) is 29.7 Å². The topological polar surface area (TPSA) is 49.4 Å². The van der Waals surface area contributed by atoms with E-state index >= 15 is 0 Å². The van der Waals surface area contributed by atoms with Crippen molar-refractivity contribution < 1.29 is 9.59 Å². The molecule has 1 aromatic heterocycles. The van der Waals surface area contributed by atoms with Crippen LogP contribution in [-0.2, 0) is 4.79 Å². The summed E-state index contributed by atoms with van der Waals surface area (Å²) in [5.74, 6) is -0.540. The van der Waals surface area contributed by atoms with Gasteiger partial charge in [-0.15, -0.1) is 11.3 Å². The van der Waals surface area contributed by atoms with Crippen LogP contribution in [0.15, 0.2) is 53.5 Å². The van der Waals surface area contributed by atoms with Gasteiger partial charge in [0, 0.05) is 24.5 Å². The number of amides is 2. The van der Waals surface area contributed by atoms with Crippen LogP contribution in [0.3, 0.4) is 0 Å². The van der Waals surface area contributed by atoms with Gasteiger partial charge in [-0.1, -0.05) is 24.3 Å². The molecule has 5 heteroatoms. The third-order valence-electron chi connectivity index (χ3n) is 2.75. The Morgan fingerprint density at radius 1 is 1.10 bits per heavy atom. The van der Waals surface area contributed by atoms with E-state index in [4.69, 9.17) is 0 Å². The van der Waals surface area contributed by atoms with Crippen LogP contribution in [0, 0.1) is 0 Å². The summed E-state index contributed by atoms with van der Waals surface area (Å²) < 4.78 is 0. The van der Waals surface area contributed by atoms with Crippen molar-refractivity contribution >= 4 is 29.2 Å². The minimum atomic E-state index is -0.298. The molecule has 2 rings (SSSR count). The van der Waals surface area contributed by atoms with E-state index < -0.39 is 0 Å². The maximum absolute atomic E-state index is 12.2. The van der Waals surface area contributed by atoms with Gasteiger partial charge in [-0.2, -0.15) is 0 Å². The number of carbonyl (C=O) groups excluding carboxylic acids is 2. The number of hydrogen-bond donors (Lipinski definition) is 1. The summed E-state index contributed by atoms with van der Waals surface area (Å²) in [6.45, 7) is 0. The van der Waals surface area contributed by atoms with E-state index in [1.54, 1.807) is 44.4 Å². The standard InChI is InChI=1S/C16H16N2O2S/c1-18(2)16(20)14(11-13-9-6-10-21-13)17-15(19)12-7-4-3-5-8-12/h3-11H,1-2H3,(H,17,19)/b14-11+. The van der Waals surface area contributed by atoms with Crippen LogP contribution in [0.4, 0.5) is 0 Å². The monoisotopic (exact) mass is 300 g/mol. The van der Waals surface area contributed by atoms with Gasteiger partial charge in [0.25, 0.3) is 11.8 Å². The van der Waals surface area contributed by atoms with Crippen LogP contribution >= 0.6 is 11.3 Å². The number of thiophene rings is 1. The number of rotatable bonds is 4. The van der Waals surface area contributed by atoms with Crippen molar-refractivity contribution in [1.29, 1.82) is 0 Å². The summed E-state index contributed by atoms with van der Waals surface area (Å²) in [6, 6.07) is 12.6. The first kappa shape index (κ1) is 15.0. The van der Waals surface area contributed by atoms with Gasteiger partial charge in [0.2, 0.25) is 0 Å². The molecule has 1 N–H and O–H groups in total. The summed E-state index contributed by atoms with van der Waals surface area (Å²) in [4.78, 5) is 26.7. The average molecular weight is 300 g/mol. The van der Waals surface area contributed by atoms with Crippen molar-refractivity contribution in [2.24, 2.45) is 0 Å². The van der Waals surface area contributed by atoms with Crippen LogP contribution in [0.2, 0.25) is 0 Å². The Kier molecular flexibility index (Phi) is 4.90. The molecule has 1 heterocycles. The molecule has 2 aromatic rings. The molecular weight excluding hydrogens is 284 g/mol. The van der Waals surface area contributed by atoms with Crippen LogP contribution in [-0.4, -0.2) is 30.8 Å². The second-order valence-electron chi connectivity index (χ2n) is 4.59. The molecular formula is C16H16N2O2S. The maximum Gasteiger partial charge on any atom is 0.269 e. The van der Waals surface area contributed by atoms with Gasteiger partial charge in [-0.25, -0.2) is 0 Å². The Balaban J connectivity index is 2.25. The van der Waals surface area contributed by atoms with Crippen molar-refractivity contribution in [2.45, 2.75) is 0 Å². The molecule has 0 bridgehead atoms. The van der Waals surface area contributed by atoms with Gasteiger partial charge in [0.1, 0.15) is 5.70 Å². The fourth-order valence-corrected chi connectivity index (χ4v) is 2.35. The molecule has 108 valence electrons. The van der Waals surface area contributed by atoms with E-state index in [-0.39, 0.29) is 17.5 Å². The quantitative estimate of drug-likeness (QED) is 0.882. The summed E-state index contributed by atoms with van der Waals surface area (Å²) in [5, 5.41) is 4.61. The summed E-state index contributed by atoms with van der Waals surface area (Å²) >= 11 is 1.50. The van der Waals surface area contributed by atoms with Crippen LogP contribution in [0.25, 0.3) is 6.08 Å². The molecule has 0 aliphatic rings. The van der Waals surface area contributed by atoms with Crippen molar-refractivity contribution in [2.75, 3.05) is 14.1 Å². The molecule has 0 aliphatic heterocycles. The SMILES string of the molecule is CN(C)C(=O)/C(=C\c1cccs1)NC(=O)c1ccccc1. The lowest BCUT2D eigenvalue weighted by atomic mass is 10.2. The Hall–Kier alpha value is -2.40. The summed E-state index contributed by atoms with van der Waals surface area (Å²) in [7, 11) is 3.30. The number of hydrogen-bond acceptors (Lipinski definition) is 3. The van der Waals surface area contributed by atoms with Gasteiger partial charge in [-0.3, -0.25) is 9.59 Å². The molecule has 2 amide bonds. The summed E-state index contributed by atoms with van der Waals surface area (Å²) in [5.41, 5.74) is 0.775. The fourth-order valence-electron chi connectivity index (χ4n) is 1.69. The first-order valence-electron chi connectivity index (χ1n) is 6.41. The van der Waals surface area contributed by atoms with E-state index in [0.29, 0.717) is 5.56 Å². The largest absolute Gasteiger partial charge is 0.344 e. The Morgan fingerprint density at radius 2 is 1.81 bits per heavy atom. The lowest BCUT2D eigenvalue weighted by Gasteiger charge is -2.14. The minimum absolute atomic E-state index is 0.243. The lowest BCUT2D eigenvalue weighted by molar-refractivity contribution is -0.124. The maximum atomic E-state index is 12.2. The molecule has 4 nitrogen and oxygen atoms in total. The Morgan fingerprint density at radius 3 is 2.38 bits per heavy atom. The number of benzene rings is 1. The smallest absolute Gasteiger partial charge is 0.269 e. The third kappa shape index (κ3) is 4.03. The van der Waals surface area contributed by atoms with Gasteiger partial charge in [0.15, 0.2) is 0 Å². The normalized spacial score (nSPS) is 11.0. The second kappa shape index (κ2) is 6.85. The molecule has 0 saturated carbocycles. The van der Waals surface area contributed by atoms with Crippen LogP contribution in [0.1, 0.15) is 15.2 Å². The van der Waals surface area contributed by atoms with Gasteiger partial charge < -0.3 is 10.2 Å². The predicted molar refractivity (Wildman–Crippen MR) is 84.9 cm³/mol. The zero-order valence-corrected chi connectivity index (χ0v) is 12.7. The Labute approximate surface area is 127 Å².